The first-order chi connectivity index (χ1) is 15.2. The molecule has 0 unspecified atom stereocenters. The zero-order valence-electron chi connectivity index (χ0n) is 17.3. The van der Waals surface area contributed by atoms with Gasteiger partial charge in [0.2, 0.25) is 5.91 Å². The van der Waals surface area contributed by atoms with Crippen LogP contribution in [0.1, 0.15) is 24.1 Å². The minimum absolute atomic E-state index is 0.0248. The Kier molecular flexibility index (Phi) is 7.07. The molecule has 1 aliphatic rings. The molecule has 2 aromatic carbocycles. The van der Waals surface area contributed by atoms with Crippen molar-refractivity contribution >= 4 is 5.91 Å². The molecule has 1 saturated heterocycles. The highest BCUT2D eigenvalue weighted by Crippen LogP contribution is 2.21. The van der Waals surface area contributed by atoms with Crippen LogP contribution in [0.15, 0.2) is 65.2 Å². The number of amides is 1. The van der Waals surface area contributed by atoms with Crippen LogP contribution < -0.4 is 5.32 Å². The normalized spacial score (nSPS) is 15.1. The number of nitrogens with one attached hydrogen (secondary N) is 1. The van der Waals surface area contributed by atoms with Crippen LogP contribution in [-0.2, 0) is 22.7 Å². The number of ether oxygens (including phenoxy) is 1. The van der Waals surface area contributed by atoms with Gasteiger partial charge in [0.1, 0.15) is 18.1 Å². The second-order valence-corrected chi connectivity index (χ2v) is 7.79. The lowest BCUT2D eigenvalue weighted by Gasteiger charge is -2.32. The molecule has 1 N–H and O–H groups in total. The van der Waals surface area contributed by atoms with Gasteiger partial charge in [0.25, 0.3) is 0 Å². The van der Waals surface area contributed by atoms with Crippen molar-refractivity contribution in [1.82, 2.24) is 15.4 Å². The second kappa shape index (κ2) is 10.3. The Morgan fingerprint density at radius 2 is 1.87 bits per heavy atom. The standard InChI is InChI=1S/C24H26FN3O3/c25-20-8-6-19(7-9-20)23-14-22(27-31-23)16-30-17-24(29)26-21-10-12-28(13-11-21)15-18-4-2-1-3-5-18/h1-9,14,21H,10-13,15-17H2,(H,26,29). The smallest absolute Gasteiger partial charge is 0.246 e. The highest BCUT2D eigenvalue weighted by Gasteiger charge is 2.20. The maximum absolute atomic E-state index is 13.0. The fraction of sp³-hybridized carbons (Fsp3) is 0.333. The molecule has 0 atom stereocenters. The molecule has 2 heterocycles. The van der Waals surface area contributed by atoms with Gasteiger partial charge in [-0.15, -0.1) is 0 Å². The molecule has 1 fully saturated rings. The van der Waals surface area contributed by atoms with E-state index in [1.165, 1.54) is 17.7 Å². The molecule has 162 valence electrons. The van der Waals surface area contributed by atoms with E-state index in [0.29, 0.717) is 11.5 Å². The Bertz CT molecular complexity index is 967. The van der Waals surface area contributed by atoms with Crippen molar-refractivity contribution in [1.29, 1.82) is 0 Å². The minimum Gasteiger partial charge on any atom is -0.365 e. The van der Waals surface area contributed by atoms with Gasteiger partial charge >= 0.3 is 0 Å². The summed E-state index contributed by atoms with van der Waals surface area (Å²) in [5, 5.41) is 7.00. The van der Waals surface area contributed by atoms with Gasteiger partial charge in [0, 0.05) is 37.3 Å². The molecule has 1 aromatic heterocycles. The average molecular weight is 423 g/mol. The maximum atomic E-state index is 13.0. The van der Waals surface area contributed by atoms with Gasteiger partial charge in [-0.1, -0.05) is 35.5 Å². The number of aromatic nitrogens is 1. The highest BCUT2D eigenvalue weighted by molar-refractivity contribution is 5.77. The molecule has 6 nitrogen and oxygen atoms in total. The first kappa shape index (κ1) is 21.2. The van der Waals surface area contributed by atoms with Crippen molar-refractivity contribution in [2.75, 3.05) is 19.7 Å². The summed E-state index contributed by atoms with van der Waals surface area (Å²) in [4.78, 5) is 14.6. The summed E-state index contributed by atoms with van der Waals surface area (Å²) in [6.45, 7) is 3.02. The van der Waals surface area contributed by atoms with Crippen molar-refractivity contribution in [2.24, 2.45) is 0 Å². The lowest BCUT2D eigenvalue weighted by molar-refractivity contribution is -0.127. The molecule has 1 amide bonds. The molecule has 0 aliphatic carbocycles. The number of halogens is 1. The monoisotopic (exact) mass is 423 g/mol. The van der Waals surface area contributed by atoms with Crippen LogP contribution in [0, 0.1) is 5.82 Å². The molecule has 3 aromatic rings. The lowest BCUT2D eigenvalue weighted by atomic mass is 10.0. The minimum atomic E-state index is -0.306. The van der Waals surface area contributed by atoms with Gasteiger partial charge in [0.05, 0.1) is 6.61 Å². The zero-order valence-corrected chi connectivity index (χ0v) is 17.3. The number of likely N-dealkylation sites (tertiary alicyclic amines) is 1. The van der Waals surface area contributed by atoms with E-state index in [0.717, 1.165) is 38.0 Å². The highest BCUT2D eigenvalue weighted by atomic mass is 19.1. The molecule has 1 aliphatic heterocycles. The van der Waals surface area contributed by atoms with Crippen molar-refractivity contribution < 1.29 is 18.4 Å². The molecule has 31 heavy (non-hydrogen) atoms. The molecule has 0 radical (unpaired) electrons. The number of benzene rings is 2. The lowest BCUT2D eigenvalue weighted by Crippen LogP contribution is -2.45. The summed E-state index contributed by atoms with van der Waals surface area (Å²) in [5.74, 6) is 0.105. The van der Waals surface area contributed by atoms with Gasteiger partial charge in [-0.05, 0) is 42.7 Å². The second-order valence-electron chi connectivity index (χ2n) is 7.79. The van der Waals surface area contributed by atoms with E-state index in [1.54, 1.807) is 18.2 Å². The van der Waals surface area contributed by atoms with E-state index < -0.39 is 0 Å². The molecule has 4 rings (SSSR count). The summed E-state index contributed by atoms with van der Waals surface area (Å²) in [6, 6.07) is 18.3. The SMILES string of the molecule is O=C(COCc1cc(-c2ccc(F)cc2)on1)NC1CCN(Cc2ccccc2)CC1. The van der Waals surface area contributed by atoms with Crippen molar-refractivity contribution in [2.45, 2.75) is 32.0 Å². The number of hydrogen-bond donors (Lipinski definition) is 1. The van der Waals surface area contributed by atoms with E-state index in [2.05, 4.69) is 39.6 Å². The van der Waals surface area contributed by atoms with E-state index in [9.17, 15) is 9.18 Å². The third-order valence-corrected chi connectivity index (χ3v) is 5.37. The fourth-order valence-corrected chi connectivity index (χ4v) is 3.72. The summed E-state index contributed by atoms with van der Waals surface area (Å²) in [7, 11) is 0. The average Bonchev–Trinajstić information content (AvgIpc) is 3.25. The number of piperidine rings is 1. The van der Waals surface area contributed by atoms with Crippen LogP contribution in [0.25, 0.3) is 11.3 Å². The zero-order chi connectivity index (χ0) is 21.5. The summed E-state index contributed by atoms with van der Waals surface area (Å²) in [5.41, 5.74) is 2.63. The Morgan fingerprint density at radius 1 is 1.13 bits per heavy atom. The van der Waals surface area contributed by atoms with Gasteiger partial charge in [-0.2, -0.15) is 0 Å². The summed E-state index contributed by atoms with van der Waals surface area (Å²) < 4.78 is 23.8. The van der Waals surface area contributed by atoms with E-state index in [-0.39, 0.29) is 31.0 Å². The van der Waals surface area contributed by atoms with Crippen molar-refractivity contribution in [3.63, 3.8) is 0 Å². The third kappa shape index (κ3) is 6.23. The Morgan fingerprint density at radius 3 is 2.61 bits per heavy atom. The van der Waals surface area contributed by atoms with Gasteiger partial charge < -0.3 is 14.6 Å². The van der Waals surface area contributed by atoms with Crippen LogP contribution in [0.2, 0.25) is 0 Å². The van der Waals surface area contributed by atoms with Crippen LogP contribution in [0.3, 0.4) is 0 Å². The third-order valence-electron chi connectivity index (χ3n) is 5.37. The van der Waals surface area contributed by atoms with Crippen molar-refractivity contribution in [3.05, 3.63) is 77.7 Å². The molecule has 0 saturated carbocycles. The van der Waals surface area contributed by atoms with Crippen molar-refractivity contribution in [3.8, 4) is 11.3 Å². The van der Waals surface area contributed by atoms with Crippen LogP contribution in [0.4, 0.5) is 4.39 Å². The Balaban J connectivity index is 1.15. The van der Waals surface area contributed by atoms with E-state index >= 15 is 0 Å². The molecular weight excluding hydrogens is 397 g/mol. The molecule has 7 heteroatoms. The van der Waals surface area contributed by atoms with Gasteiger partial charge in [-0.3, -0.25) is 9.69 Å². The number of rotatable bonds is 8. The first-order valence-corrected chi connectivity index (χ1v) is 10.5. The number of carbonyl (C=O) groups excluding carboxylic acids is 1. The topological polar surface area (TPSA) is 67.6 Å². The number of nitrogens with zero attached hydrogens (tertiary/aromatic N) is 2. The predicted octanol–water partition coefficient (Wildman–Crippen LogP) is 3.78. The van der Waals surface area contributed by atoms with E-state index in [4.69, 9.17) is 9.26 Å². The number of carbonyl (C=O) groups is 1. The maximum Gasteiger partial charge on any atom is 0.246 e. The first-order valence-electron chi connectivity index (χ1n) is 10.5. The van der Waals surface area contributed by atoms with Crippen LogP contribution in [0.5, 0.6) is 0 Å². The van der Waals surface area contributed by atoms with Gasteiger partial charge in [0.15, 0.2) is 5.76 Å². The quantitative estimate of drug-likeness (QED) is 0.597. The summed E-state index contributed by atoms with van der Waals surface area (Å²) >= 11 is 0. The van der Waals surface area contributed by atoms with Crippen LogP contribution >= 0.6 is 0 Å². The molecular formula is C24H26FN3O3. The van der Waals surface area contributed by atoms with Gasteiger partial charge in [-0.25, -0.2) is 4.39 Å². The van der Waals surface area contributed by atoms with Crippen LogP contribution in [-0.4, -0.2) is 41.7 Å². The summed E-state index contributed by atoms with van der Waals surface area (Å²) in [6.07, 6.45) is 1.87. The Hall–Kier alpha value is -3.03. The number of hydrogen-bond acceptors (Lipinski definition) is 5. The Labute approximate surface area is 181 Å². The molecule has 0 bridgehead atoms. The van der Waals surface area contributed by atoms with E-state index in [1.807, 2.05) is 6.07 Å². The fourth-order valence-electron chi connectivity index (χ4n) is 3.72. The predicted molar refractivity (Wildman–Crippen MR) is 114 cm³/mol. The molecule has 0 spiro atoms. The largest absolute Gasteiger partial charge is 0.365 e.